The Balaban J connectivity index is 1.56. The van der Waals surface area contributed by atoms with Crippen molar-refractivity contribution in [2.45, 2.75) is 52.1 Å². The average molecular weight is 526 g/mol. The second kappa shape index (κ2) is 11.6. The molecule has 0 unspecified atom stereocenters. The van der Waals surface area contributed by atoms with Gasteiger partial charge in [0.2, 0.25) is 11.9 Å². The third kappa shape index (κ3) is 6.31. The Hall–Kier alpha value is -2.95. The summed E-state index contributed by atoms with van der Waals surface area (Å²) >= 11 is 1.52. The van der Waals surface area contributed by atoms with Crippen molar-refractivity contribution in [3.8, 4) is 5.75 Å². The normalized spacial score (nSPS) is 15.4. The Morgan fingerprint density at radius 3 is 2.65 bits per heavy atom. The zero-order chi connectivity index (χ0) is 26.7. The molecule has 200 valence electrons. The SMILES string of the molecule is COc1cc(Nc2nc(NC(=O)[C@H](N)CC(C)C)c3c(C)csc3n2)ccc1N1CCC(N(C)C)CC1. The Morgan fingerprint density at radius 1 is 1.27 bits per heavy atom. The summed E-state index contributed by atoms with van der Waals surface area (Å²) in [4.78, 5) is 27.6. The summed E-state index contributed by atoms with van der Waals surface area (Å²) in [7, 11) is 5.99. The molecule has 37 heavy (non-hydrogen) atoms. The highest BCUT2D eigenvalue weighted by Gasteiger charge is 2.23. The van der Waals surface area contributed by atoms with E-state index < -0.39 is 6.04 Å². The van der Waals surface area contributed by atoms with E-state index >= 15 is 0 Å². The van der Waals surface area contributed by atoms with E-state index in [4.69, 9.17) is 15.5 Å². The molecular formula is C27H39N7O2S. The first kappa shape index (κ1) is 27.1. The molecule has 2 aromatic heterocycles. The highest BCUT2D eigenvalue weighted by molar-refractivity contribution is 7.17. The van der Waals surface area contributed by atoms with Gasteiger partial charge in [-0.2, -0.15) is 4.98 Å². The number of thiophene rings is 1. The van der Waals surface area contributed by atoms with Gasteiger partial charge in [0.1, 0.15) is 16.4 Å². The van der Waals surface area contributed by atoms with Crippen LogP contribution >= 0.6 is 11.3 Å². The summed E-state index contributed by atoms with van der Waals surface area (Å²) < 4.78 is 5.76. The molecule has 0 bridgehead atoms. The first-order chi connectivity index (χ1) is 17.7. The highest BCUT2D eigenvalue weighted by Crippen LogP contribution is 2.35. The number of anilines is 4. The molecule has 3 heterocycles. The number of hydrogen-bond donors (Lipinski definition) is 3. The lowest BCUT2D eigenvalue weighted by Gasteiger charge is -2.37. The zero-order valence-electron chi connectivity index (χ0n) is 22.7. The van der Waals surface area contributed by atoms with Gasteiger partial charge in [-0.25, -0.2) is 4.98 Å². The molecule has 0 aliphatic carbocycles. The Bertz CT molecular complexity index is 1230. The number of aromatic nitrogens is 2. The number of nitrogens with one attached hydrogen (secondary N) is 2. The topological polar surface area (TPSA) is 109 Å². The minimum atomic E-state index is -0.597. The van der Waals surface area contributed by atoms with E-state index in [1.165, 1.54) is 11.3 Å². The van der Waals surface area contributed by atoms with Crippen LogP contribution in [0.3, 0.4) is 0 Å². The van der Waals surface area contributed by atoms with Crippen LogP contribution in [-0.2, 0) is 4.79 Å². The maximum atomic E-state index is 12.8. The van der Waals surface area contributed by atoms with E-state index in [2.05, 4.69) is 45.6 Å². The van der Waals surface area contributed by atoms with Crippen molar-refractivity contribution < 1.29 is 9.53 Å². The number of nitrogens with zero attached hydrogens (tertiary/aromatic N) is 4. The van der Waals surface area contributed by atoms with Gasteiger partial charge in [0.25, 0.3) is 0 Å². The van der Waals surface area contributed by atoms with Gasteiger partial charge in [-0.15, -0.1) is 11.3 Å². The summed E-state index contributed by atoms with van der Waals surface area (Å²) in [5.74, 6) is 1.76. The number of rotatable bonds is 9. The monoisotopic (exact) mass is 525 g/mol. The highest BCUT2D eigenvalue weighted by atomic mass is 32.1. The zero-order valence-corrected chi connectivity index (χ0v) is 23.5. The van der Waals surface area contributed by atoms with Crippen molar-refractivity contribution >= 4 is 50.6 Å². The molecule has 0 saturated carbocycles. The molecule has 1 fully saturated rings. The fourth-order valence-electron chi connectivity index (χ4n) is 4.82. The fourth-order valence-corrected chi connectivity index (χ4v) is 5.74. The molecule has 4 N–H and O–H groups in total. The minimum Gasteiger partial charge on any atom is -0.495 e. The molecule has 3 aromatic rings. The third-order valence-corrected chi connectivity index (χ3v) is 7.88. The predicted octanol–water partition coefficient (Wildman–Crippen LogP) is 4.59. The number of piperidine rings is 1. The van der Waals surface area contributed by atoms with Crippen LogP contribution < -0.4 is 26.0 Å². The minimum absolute atomic E-state index is 0.241. The number of nitrogens with two attached hydrogens (primary N) is 1. The largest absolute Gasteiger partial charge is 0.495 e. The molecular weight excluding hydrogens is 486 g/mol. The lowest BCUT2D eigenvalue weighted by molar-refractivity contribution is -0.117. The number of benzene rings is 1. The standard InChI is InChI=1S/C27H39N7O2S/c1-16(2)13-20(28)25(35)30-24-23-17(3)15-37-26(23)32-27(31-24)29-18-7-8-21(22(14-18)36-6)34-11-9-19(10-12-34)33(4)5/h7-8,14-16,19-20H,9-13,28H2,1-6H3,(H2,29,30,31,32,35)/t20-/m1/s1. The van der Waals surface area contributed by atoms with Gasteiger partial charge in [-0.05, 0) is 69.3 Å². The van der Waals surface area contributed by atoms with Crippen LogP contribution in [0.15, 0.2) is 23.6 Å². The first-order valence-electron chi connectivity index (χ1n) is 12.8. The quantitative estimate of drug-likeness (QED) is 0.372. The smallest absolute Gasteiger partial charge is 0.242 e. The van der Waals surface area contributed by atoms with Crippen LogP contribution in [0.25, 0.3) is 10.2 Å². The molecule has 1 aliphatic rings. The second-order valence-electron chi connectivity index (χ2n) is 10.4. The predicted molar refractivity (Wildman–Crippen MR) is 153 cm³/mol. The molecule has 1 aliphatic heterocycles. The van der Waals surface area contributed by atoms with Crippen molar-refractivity contribution in [2.75, 3.05) is 49.8 Å². The van der Waals surface area contributed by atoms with Crippen molar-refractivity contribution in [3.05, 3.63) is 29.1 Å². The first-order valence-corrected chi connectivity index (χ1v) is 13.7. The van der Waals surface area contributed by atoms with E-state index in [1.54, 1.807) is 7.11 Å². The van der Waals surface area contributed by atoms with Crippen LogP contribution in [0.5, 0.6) is 5.75 Å². The summed E-state index contributed by atoms with van der Waals surface area (Å²) in [6, 6.07) is 6.08. The Labute approximate surface area is 223 Å². The molecule has 10 heteroatoms. The molecule has 1 aromatic carbocycles. The summed E-state index contributed by atoms with van der Waals surface area (Å²) in [5, 5.41) is 9.11. The number of amides is 1. The van der Waals surface area contributed by atoms with Crippen molar-refractivity contribution in [2.24, 2.45) is 11.7 Å². The maximum Gasteiger partial charge on any atom is 0.242 e. The van der Waals surface area contributed by atoms with Gasteiger partial charge >= 0.3 is 0 Å². The number of carbonyl (C=O) groups is 1. The van der Waals surface area contributed by atoms with E-state index in [-0.39, 0.29) is 5.91 Å². The van der Waals surface area contributed by atoms with Gasteiger partial charge in [-0.3, -0.25) is 4.79 Å². The van der Waals surface area contributed by atoms with Crippen molar-refractivity contribution in [3.63, 3.8) is 0 Å². The summed E-state index contributed by atoms with van der Waals surface area (Å²) in [6.45, 7) is 8.07. The van der Waals surface area contributed by atoms with E-state index in [9.17, 15) is 4.79 Å². The number of hydrogen-bond acceptors (Lipinski definition) is 9. The van der Waals surface area contributed by atoms with Crippen molar-refractivity contribution in [1.29, 1.82) is 0 Å². The van der Waals surface area contributed by atoms with E-state index in [0.717, 1.165) is 58.8 Å². The van der Waals surface area contributed by atoms with E-state index in [1.807, 2.05) is 38.3 Å². The molecule has 0 spiro atoms. The summed E-state index contributed by atoms with van der Waals surface area (Å²) in [5.41, 5.74) is 9.04. The van der Waals surface area contributed by atoms with Crippen LogP contribution in [-0.4, -0.2) is 67.2 Å². The summed E-state index contributed by atoms with van der Waals surface area (Å²) in [6.07, 6.45) is 2.85. The number of carbonyl (C=O) groups excluding carboxylic acids is 1. The fraction of sp³-hybridized carbons (Fsp3) is 0.519. The van der Waals surface area contributed by atoms with Gasteiger partial charge in [0.15, 0.2) is 0 Å². The molecule has 1 amide bonds. The maximum absolute atomic E-state index is 12.8. The van der Waals surface area contributed by atoms with Gasteiger partial charge in [-0.1, -0.05) is 13.8 Å². The van der Waals surface area contributed by atoms with Gasteiger partial charge < -0.3 is 30.9 Å². The number of ether oxygens (including phenoxy) is 1. The number of fused-ring (bicyclic) bond motifs is 1. The molecule has 9 nitrogen and oxygen atoms in total. The van der Waals surface area contributed by atoms with Crippen LogP contribution in [0.2, 0.25) is 0 Å². The molecule has 1 saturated heterocycles. The van der Waals surface area contributed by atoms with Crippen LogP contribution in [0, 0.1) is 12.8 Å². The molecule has 4 rings (SSSR count). The Morgan fingerprint density at radius 2 is 2.00 bits per heavy atom. The van der Waals surface area contributed by atoms with Gasteiger partial charge in [0, 0.05) is 30.9 Å². The molecule has 1 atom stereocenters. The molecule has 0 radical (unpaired) electrons. The third-order valence-electron chi connectivity index (χ3n) is 6.89. The van der Waals surface area contributed by atoms with Crippen LogP contribution in [0.4, 0.5) is 23.1 Å². The van der Waals surface area contributed by atoms with Crippen LogP contribution in [0.1, 0.15) is 38.7 Å². The lowest BCUT2D eigenvalue weighted by atomic mass is 10.0. The number of aryl methyl sites for hydroxylation is 1. The van der Waals surface area contributed by atoms with Crippen molar-refractivity contribution in [1.82, 2.24) is 14.9 Å². The number of methoxy groups -OCH3 is 1. The second-order valence-corrected chi connectivity index (χ2v) is 11.3. The average Bonchev–Trinajstić information content (AvgIpc) is 3.24. The van der Waals surface area contributed by atoms with E-state index in [0.29, 0.717) is 30.1 Å². The van der Waals surface area contributed by atoms with Gasteiger partial charge in [0.05, 0.1) is 24.2 Å². The lowest BCUT2D eigenvalue weighted by Crippen LogP contribution is -2.42. The Kier molecular flexibility index (Phi) is 8.51.